The average Bonchev–Trinajstić information content (AvgIpc) is 2.56. The second-order valence-electron chi connectivity index (χ2n) is 6.39. The van der Waals surface area contributed by atoms with Crippen molar-refractivity contribution in [2.45, 2.75) is 53.2 Å². The van der Waals surface area contributed by atoms with E-state index < -0.39 is 6.10 Å². The molecule has 2 aromatic carbocycles. The molecule has 0 saturated carbocycles. The van der Waals surface area contributed by atoms with Gasteiger partial charge < -0.3 is 10.1 Å². The first-order valence-corrected chi connectivity index (χ1v) is 8.51. The number of carbonyl (C=O) groups excluding carboxylic acids is 1. The van der Waals surface area contributed by atoms with Crippen molar-refractivity contribution in [1.29, 1.82) is 0 Å². The molecule has 3 nitrogen and oxygen atoms in total. The summed E-state index contributed by atoms with van der Waals surface area (Å²) >= 11 is 0. The summed E-state index contributed by atoms with van der Waals surface area (Å²) in [5, 5.41) is 3.08. The van der Waals surface area contributed by atoms with Crippen LogP contribution in [0.5, 0.6) is 5.75 Å². The van der Waals surface area contributed by atoms with Gasteiger partial charge in [0, 0.05) is 0 Å². The zero-order chi connectivity index (χ0) is 17.7. The predicted molar refractivity (Wildman–Crippen MR) is 98.4 cm³/mol. The van der Waals surface area contributed by atoms with Gasteiger partial charge in [0.05, 0.1) is 6.04 Å². The van der Waals surface area contributed by atoms with E-state index in [-0.39, 0.29) is 11.9 Å². The van der Waals surface area contributed by atoms with Gasteiger partial charge in [-0.05, 0) is 62.9 Å². The summed E-state index contributed by atoms with van der Waals surface area (Å²) in [6.45, 7) is 10.0. The van der Waals surface area contributed by atoms with E-state index in [9.17, 15) is 4.79 Å². The zero-order valence-electron chi connectivity index (χ0n) is 15.2. The van der Waals surface area contributed by atoms with Crippen LogP contribution in [0, 0.1) is 20.8 Å². The molecule has 1 amide bonds. The molecule has 128 valence electrons. The van der Waals surface area contributed by atoms with Gasteiger partial charge in [0.15, 0.2) is 6.10 Å². The van der Waals surface area contributed by atoms with Gasteiger partial charge >= 0.3 is 0 Å². The van der Waals surface area contributed by atoms with E-state index in [0.717, 1.165) is 23.3 Å². The van der Waals surface area contributed by atoms with Crippen molar-refractivity contribution >= 4 is 5.91 Å². The lowest BCUT2D eigenvalue weighted by atomic mass is 10.0. The highest BCUT2D eigenvalue weighted by Crippen LogP contribution is 2.20. The van der Waals surface area contributed by atoms with Crippen LogP contribution in [0.1, 0.15) is 48.6 Å². The Morgan fingerprint density at radius 3 is 2.29 bits per heavy atom. The van der Waals surface area contributed by atoms with Crippen molar-refractivity contribution in [3.63, 3.8) is 0 Å². The minimum atomic E-state index is -0.536. The van der Waals surface area contributed by atoms with Gasteiger partial charge in [-0.25, -0.2) is 0 Å². The molecular formula is C21H27NO2. The number of benzene rings is 2. The minimum Gasteiger partial charge on any atom is -0.481 e. The number of hydrogen-bond donors (Lipinski definition) is 1. The van der Waals surface area contributed by atoms with E-state index >= 15 is 0 Å². The van der Waals surface area contributed by atoms with Crippen LogP contribution < -0.4 is 10.1 Å². The third-order valence-electron chi connectivity index (χ3n) is 4.36. The maximum absolute atomic E-state index is 12.5. The van der Waals surface area contributed by atoms with Crippen LogP contribution in [-0.4, -0.2) is 12.0 Å². The van der Waals surface area contributed by atoms with E-state index in [2.05, 4.69) is 50.4 Å². The van der Waals surface area contributed by atoms with Crippen molar-refractivity contribution in [2.75, 3.05) is 0 Å². The Hall–Kier alpha value is -2.29. The van der Waals surface area contributed by atoms with Crippen molar-refractivity contribution in [3.8, 4) is 5.75 Å². The fraction of sp³-hybridized carbons (Fsp3) is 0.381. The molecule has 0 bridgehead atoms. The minimum absolute atomic E-state index is 0.00361. The summed E-state index contributed by atoms with van der Waals surface area (Å²) in [6, 6.07) is 14.2. The molecule has 2 unspecified atom stereocenters. The third-order valence-corrected chi connectivity index (χ3v) is 4.36. The summed E-state index contributed by atoms with van der Waals surface area (Å²) in [6.07, 6.45) is 0.303. The molecule has 0 aliphatic heterocycles. The quantitative estimate of drug-likeness (QED) is 0.840. The number of carbonyl (C=O) groups is 1. The summed E-state index contributed by atoms with van der Waals surface area (Å²) in [5.74, 6) is 0.629. The third kappa shape index (κ3) is 4.60. The highest BCUT2D eigenvalue weighted by atomic mass is 16.5. The Kier molecular flexibility index (Phi) is 6.02. The van der Waals surface area contributed by atoms with Gasteiger partial charge in [0.1, 0.15) is 5.75 Å². The Labute approximate surface area is 145 Å². The maximum Gasteiger partial charge on any atom is 0.261 e. The number of hydrogen-bond acceptors (Lipinski definition) is 2. The molecule has 0 heterocycles. The van der Waals surface area contributed by atoms with Gasteiger partial charge in [0.25, 0.3) is 5.91 Å². The van der Waals surface area contributed by atoms with E-state index in [1.807, 2.05) is 25.1 Å². The van der Waals surface area contributed by atoms with Gasteiger partial charge in [0.2, 0.25) is 0 Å². The largest absolute Gasteiger partial charge is 0.481 e. The van der Waals surface area contributed by atoms with Crippen LogP contribution in [0.15, 0.2) is 42.5 Å². The highest BCUT2D eigenvalue weighted by molar-refractivity contribution is 5.81. The fourth-order valence-electron chi connectivity index (χ4n) is 2.55. The zero-order valence-corrected chi connectivity index (χ0v) is 15.2. The van der Waals surface area contributed by atoms with E-state index in [1.165, 1.54) is 11.1 Å². The Balaban J connectivity index is 2.01. The van der Waals surface area contributed by atoms with Crippen LogP contribution in [0.3, 0.4) is 0 Å². The molecule has 0 radical (unpaired) electrons. The second-order valence-corrected chi connectivity index (χ2v) is 6.39. The first-order chi connectivity index (χ1) is 11.4. The molecule has 0 aliphatic rings. The van der Waals surface area contributed by atoms with Crippen molar-refractivity contribution < 1.29 is 9.53 Å². The first-order valence-electron chi connectivity index (χ1n) is 8.51. The SMILES string of the molecule is CCC(NC(=O)C(C)Oc1ccc(C)c(C)c1)c1ccc(C)cc1. The van der Waals surface area contributed by atoms with Gasteiger partial charge in [-0.3, -0.25) is 4.79 Å². The van der Waals surface area contributed by atoms with Crippen LogP contribution in [-0.2, 0) is 4.79 Å². The summed E-state index contributed by atoms with van der Waals surface area (Å²) in [7, 11) is 0. The molecule has 3 heteroatoms. The Morgan fingerprint density at radius 1 is 1.04 bits per heavy atom. The highest BCUT2D eigenvalue weighted by Gasteiger charge is 2.19. The van der Waals surface area contributed by atoms with Crippen LogP contribution >= 0.6 is 0 Å². The normalized spacial score (nSPS) is 13.2. The number of rotatable bonds is 6. The number of ether oxygens (including phenoxy) is 1. The molecule has 0 aliphatic carbocycles. The van der Waals surface area contributed by atoms with Gasteiger partial charge in [-0.15, -0.1) is 0 Å². The Bertz CT molecular complexity index is 691. The summed E-state index contributed by atoms with van der Waals surface area (Å²) in [4.78, 5) is 12.5. The van der Waals surface area contributed by atoms with E-state index in [0.29, 0.717) is 0 Å². The van der Waals surface area contributed by atoms with Gasteiger partial charge in [-0.2, -0.15) is 0 Å². The van der Waals surface area contributed by atoms with Crippen LogP contribution in [0.25, 0.3) is 0 Å². The lowest BCUT2D eigenvalue weighted by molar-refractivity contribution is -0.128. The summed E-state index contributed by atoms with van der Waals surface area (Å²) < 4.78 is 5.80. The predicted octanol–water partition coefficient (Wildman–Crippen LogP) is 4.65. The van der Waals surface area contributed by atoms with E-state index in [4.69, 9.17) is 4.74 Å². The number of amides is 1. The molecule has 2 atom stereocenters. The molecule has 0 saturated heterocycles. The molecule has 24 heavy (non-hydrogen) atoms. The smallest absolute Gasteiger partial charge is 0.261 e. The van der Waals surface area contributed by atoms with E-state index in [1.54, 1.807) is 6.92 Å². The average molecular weight is 325 g/mol. The molecule has 2 aromatic rings. The molecule has 0 aromatic heterocycles. The van der Waals surface area contributed by atoms with Crippen molar-refractivity contribution in [2.24, 2.45) is 0 Å². The summed E-state index contributed by atoms with van der Waals surface area (Å²) in [5.41, 5.74) is 4.71. The number of nitrogens with one attached hydrogen (secondary N) is 1. The van der Waals surface area contributed by atoms with Crippen molar-refractivity contribution in [3.05, 3.63) is 64.7 Å². The Morgan fingerprint density at radius 2 is 1.71 bits per heavy atom. The van der Waals surface area contributed by atoms with Crippen LogP contribution in [0.4, 0.5) is 0 Å². The molecule has 2 rings (SSSR count). The van der Waals surface area contributed by atoms with Crippen LogP contribution in [0.2, 0.25) is 0 Å². The lowest BCUT2D eigenvalue weighted by Gasteiger charge is -2.21. The lowest BCUT2D eigenvalue weighted by Crippen LogP contribution is -2.38. The number of aryl methyl sites for hydroxylation is 3. The standard InChI is InChI=1S/C21H27NO2/c1-6-20(18-10-7-14(2)8-11-18)22-21(23)17(5)24-19-12-9-15(3)16(4)13-19/h7-13,17,20H,6H2,1-5H3,(H,22,23). The monoisotopic (exact) mass is 325 g/mol. The molecular weight excluding hydrogens is 298 g/mol. The fourth-order valence-corrected chi connectivity index (χ4v) is 2.55. The molecule has 0 fully saturated rings. The second kappa shape index (κ2) is 8.00. The van der Waals surface area contributed by atoms with Crippen molar-refractivity contribution in [1.82, 2.24) is 5.32 Å². The topological polar surface area (TPSA) is 38.3 Å². The van der Waals surface area contributed by atoms with Gasteiger partial charge in [-0.1, -0.05) is 42.8 Å². The maximum atomic E-state index is 12.5. The molecule has 1 N–H and O–H groups in total. The first kappa shape index (κ1) is 18.1. The molecule has 0 spiro atoms.